The van der Waals surface area contributed by atoms with Crippen LogP contribution in [0.25, 0.3) is 22.1 Å². The molecule has 1 N–H and O–H groups in total. The van der Waals surface area contributed by atoms with Crippen molar-refractivity contribution < 1.29 is 14.3 Å². The van der Waals surface area contributed by atoms with Crippen molar-refractivity contribution in [3.05, 3.63) is 41.5 Å². The molecule has 0 saturated heterocycles. The van der Waals surface area contributed by atoms with Gasteiger partial charge in [-0.2, -0.15) is 0 Å². The smallest absolute Gasteiger partial charge is 0.309 e. The number of oxazole rings is 1. The molecule has 0 aromatic carbocycles. The lowest BCUT2D eigenvalue weighted by Gasteiger charge is -2.10. The predicted octanol–water partition coefficient (Wildman–Crippen LogP) is 3.16. The second-order valence-corrected chi connectivity index (χ2v) is 6.09. The Bertz CT molecular complexity index is 808. The third-order valence-electron chi connectivity index (χ3n) is 3.21. The summed E-state index contributed by atoms with van der Waals surface area (Å²) in [5.74, 6) is 0.768. The number of aliphatic carboxylic acids is 1. The molecule has 6 nitrogen and oxygen atoms in total. The third kappa shape index (κ3) is 3.24. The van der Waals surface area contributed by atoms with Gasteiger partial charge in [0.1, 0.15) is 5.82 Å². The number of anilines is 1. The Labute approximate surface area is 137 Å². The van der Waals surface area contributed by atoms with E-state index in [4.69, 9.17) is 9.52 Å². The summed E-state index contributed by atoms with van der Waals surface area (Å²) < 4.78 is 5.83. The first-order valence-electron chi connectivity index (χ1n) is 6.93. The number of hydrogen-bond donors (Lipinski definition) is 1. The number of rotatable bonds is 5. The molecular weight excluding hydrogens is 314 g/mol. The zero-order valence-electron chi connectivity index (χ0n) is 12.7. The molecule has 0 bridgehead atoms. The monoisotopic (exact) mass is 329 g/mol. The van der Waals surface area contributed by atoms with Crippen molar-refractivity contribution in [3.8, 4) is 22.1 Å². The largest absolute Gasteiger partial charge is 0.481 e. The highest BCUT2D eigenvalue weighted by molar-refractivity contribution is 7.13. The molecule has 0 amide bonds. The molecule has 0 spiro atoms. The first-order valence-corrected chi connectivity index (χ1v) is 7.81. The first-order chi connectivity index (χ1) is 11.0. The van der Waals surface area contributed by atoms with Gasteiger partial charge in [0.2, 0.25) is 5.89 Å². The van der Waals surface area contributed by atoms with E-state index in [9.17, 15) is 4.79 Å². The highest BCUT2D eigenvalue weighted by atomic mass is 32.1. The molecule has 118 valence electrons. The number of aromatic nitrogens is 2. The van der Waals surface area contributed by atoms with Gasteiger partial charge in [-0.1, -0.05) is 6.07 Å². The van der Waals surface area contributed by atoms with E-state index >= 15 is 0 Å². The number of pyridine rings is 1. The van der Waals surface area contributed by atoms with Crippen molar-refractivity contribution in [2.24, 2.45) is 0 Å². The number of carbonyl (C=O) groups is 1. The van der Waals surface area contributed by atoms with Crippen molar-refractivity contribution in [1.29, 1.82) is 0 Å². The number of thiophene rings is 1. The van der Waals surface area contributed by atoms with Gasteiger partial charge in [-0.3, -0.25) is 4.79 Å². The Kier molecular flexibility index (Phi) is 4.12. The summed E-state index contributed by atoms with van der Waals surface area (Å²) in [5, 5.41) is 11.0. The molecule has 7 heteroatoms. The van der Waals surface area contributed by atoms with Crippen molar-refractivity contribution >= 4 is 23.1 Å². The lowest BCUT2D eigenvalue weighted by Crippen LogP contribution is -2.09. The van der Waals surface area contributed by atoms with Gasteiger partial charge >= 0.3 is 5.97 Å². The fraction of sp³-hybridized carbons (Fsp3) is 0.188. The fourth-order valence-electron chi connectivity index (χ4n) is 2.12. The van der Waals surface area contributed by atoms with Crippen molar-refractivity contribution in [2.75, 3.05) is 19.0 Å². The zero-order valence-corrected chi connectivity index (χ0v) is 13.5. The van der Waals surface area contributed by atoms with E-state index in [1.54, 1.807) is 6.20 Å². The molecule has 0 aliphatic heterocycles. The highest BCUT2D eigenvalue weighted by Crippen LogP contribution is 2.33. The van der Waals surface area contributed by atoms with E-state index < -0.39 is 5.97 Å². The molecule has 3 rings (SSSR count). The summed E-state index contributed by atoms with van der Waals surface area (Å²) >= 11 is 1.48. The first kappa shape index (κ1) is 15.2. The quantitative estimate of drug-likeness (QED) is 0.774. The van der Waals surface area contributed by atoms with Crippen LogP contribution in [0, 0.1) is 0 Å². The highest BCUT2D eigenvalue weighted by Gasteiger charge is 2.19. The van der Waals surface area contributed by atoms with E-state index in [2.05, 4.69) is 9.97 Å². The van der Waals surface area contributed by atoms with E-state index in [0.717, 1.165) is 10.7 Å². The van der Waals surface area contributed by atoms with Crippen molar-refractivity contribution in [1.82, 2.24) is 9.97 Å². The molecule has 23 heavy (non-hydrogen) atoms. The average molecular weight is 329 g/mol. The van der Waals surface area contributed by atoms with Crippen LogP contribution in [-0.4, -0.2) is 35.1 Å². The SMILES string of the molecule is CN(C)c1ccc(-c2nc(CC(=O)O)c(-c3cccs3)o2)cn1. The van der Waals surface area contributed by atoms with Crippen molar-refractivity contribution in [2.45, 2.75) is 6.42 Å². The van der Waals surface area contributed by atoms with Gasteiger partial charge in [0.25, 0.3) is 0 Å². The molecule has 3 heterocycles. The van der Waals surface area contributed by atoms with Crippen LogP contribution in [0.2, 0.25) is 0 Å². The molecule has 0 atom stereocenters. The summed E-state index contributed by atoms with van der Waals surface area (Å²) in [6, 6.07) is 7.49. The lowest BCUT2D eigenvalue weighted by atomic mass is 10.2. The Morgan fingerprint density at radius 3 is 2.74 bits per heavy atom. The minimum absolute atomic E-state index is 0.181. The minimum atomic E-state index is -0.941. The van der Waals surface area contributed by atoms with Crippen molar-refractivity contribution in [3.63, 3.8) is 0 Å². The summed E-state index contributed by atoms with van der Waals surface area (Å²) in [6.07, 6.45) is 1.49. The third-order valence-corrected chi connectivity index (χ3v) is 4.08. The molecule has 0 unspecified atom stereocenters. The lowest BCUT2D eigenvalue weighted by molar-refractivity contribution is -0.136. The topological polar surface area (TPSA) is 79.5 Å². The second kappa shape index (κ2) is 6.21. The van der Waals surface area contributed by atoms with Crippen LogP contribution in [0.15, 0.2) is 40.3 Å². The van der Waals surface area contributed by atoms with E-state index in [0.29, 0.717) is 22.9 Å². The Hall–Kier alpha value is -2.67. The number of carboxylic acids is 1. The summed E-state index contributed by atoms with van der Waals surface area (Å²) in [6.45, 7) is 0. The predicted molar refractivity (Wildman–Crippen MR) is 88.7 cm³/mol. The maximum absolute atomic E-state index is 11.1. The Morgan fingerprint density at radius 1 is 1.35 bits per heavy atom. The maximum atomic E-state index is 11.1. The Balaban J connectivity index is 2.01. The maximum Gasteiger partial charge on any atom is 0.309 e. The van der Waals surface area contributed by atoms with Gasteiger partial charge in [-0.15, -0.1) is 11.3 Å². The summed E-state index contributed by atoms with van der Waals surface area (Å²) in [5.41, 5.74) is 1.14. The molecule has 3 aromatic heterocycles. The van der Waals surface area contributed by atoms with Crippen LogP contribution >= 0.6 is 11.3 Å². The fourth-order valence-corrected chi connectivity index (χ4v) is 2.84. The minimum Gasteiger partial charge on any atom is -0.481 e. The van der Waals surface area contributed by atoms with E-state index in [-0.39, 0.29) is 6.42 Å². The molecule has 0 fully saturated rings. The van der Waals surface area contributed by atoms with Gasteiger partial charge < -0.3 is 14.4 Å². The summed E-state index contributed by atoms with van der Waals surface area (Å²) in [4.78, 5) is 22.5. The number of carboxylic acid groups (broad SMARTS) is 1. The van der Waals surface area contributed by atoms with Gasteiger partial charge in [0, 0.05) is 20.3 Å². The Morgan fingerprint density at radius 2 is 2.17 bits per heavy atom. The van der Waals surface area contributed by atoms with Crippen LogP contribution in [0.1, 0.15) is 5.69 Å². The van der Waals surface area contributed by atoms with Gasteiger partial charge in [0.15, 0.2) is 5.76 Å². The van der Waals surface area contributed by atoms with Crippen LogP contribution in [0.3, 0.4) is 0 Å². The number of hydrogen-bond acceptors (Lipinski definition) is 6. The van der Waals surface area contributed by atoms with E-state index in [1.165, 1.54) is 11.3 Å². The molecular formula is C16H15N3O3S. The van der Waals surface area contributed by atoms with Gasteiger partial charge in [0.05, 0.1) is 22.6 Å². The number of nitrogens with zero attached hydrogens (tertiary/aromatic N) is 3. The van der Waals surface area contributed by atoms with Gasteiger partial charge in [-0.25, -0.2) is 9.97 Å². The standard InChI is InChI=1S/C16H15N3O3S/c1-19(2)13-6-5-10(9-17-13)16-18-11(8-14(20)21)15(22-16)12-4-3-7-23-12/h3-7,9H,8H2,1-2H3,(H,20,21). The van der Waals surface area contributed by atoms with Gasteiger partial charge in [-0.05, 0) is 23.6 Å². The summed E-state index contributed by atoms with van der Waals surface area (Å²) in [7, 11) is 3.82. The zero-order chi connectivity index (χ0) is 16.4. The van der Waals surface area contributed by atoms with Crippen LogP contribution in [0.5, 0.6) is 0 Å². The van der Waals surface area contributed by atoms with E-state index in [1.807, 2.05) is 48.6 Å². The normalized spacial score (nSPS) is 10.7. The molecule has 0 aliphatic carbocycles. The molecule has 0 aliphatic rings. The van der Waals surface area contributed by atoms with Crippen LogP contribution in [-0.2, 0) is 11.2 Å². The second-order valence-electron chi connectivity index (χ2n) is 5.14. The molecule has 0 radical (unpaired) electrons. The molecule has 3 aromatic rings. The van der Waals surface area contributed by atoms with Crippen LogP contribution in [0.4, 0.5) is 5.82 Å². The molecule has 0 saturated carbocycles. The average Bonchev–Trinajstić information content (AvgIpc) is 3.16. The van der Waals surface area contributed by atoms with Crippen LogP contribution < -0.4 is 4.90 Å².